The molecule has 1 aromatic heterocycles. The second-order valence-corrected chi connectivity index (χ2v) is 13.4. The van der Waals surface area contributed by atoms with Crippen LogP contribution in [0.4, 0.5) is 10.1 Å². The Balaban J connectivity index is 1.25. The molecular formula is C33H37ClFN3O6S. The molecule has 45 heavy (non-hydrogen) atoms. The highest BCUT2D eigenvalue weighted by molar-refractivity contribution is 7.17. The molecule has 240 valence electrons. The number of thiophene rings is 1. The fourth-order valence-corrected chi connectivity index (χ4v) is 7.91. The van der Waals surface area contributed by atoms with Crippen molar-refractivity contribution in [1.29, 1.82) is 0 Å². The number of carboxylic acid groups (broad SMARTS) is 1. The van der Waals surface area contributed by atoms with Crippen LogP contribution in [-0.2, 0) is 25.5 Å². The summed E-state index contributed by atoms with van der Waals surface area (Å²) in [4.78, 5) is 43.2. The van der Waals surface area contributed by atoms with Gasteiger partial charge in [0, 0.05) is 55.2 Å². The summed E-state index contributed by atoms with van der Waals surface area (Å²) in [6.07, 6.45) is 3.16. The van der Waals surface area contributed by atoms with Gasteiger partial charge in [-0.15, -0.1) is 11.3 Å². The molecule has 1 atom stereocenters. The van der Waals surface area contributed by atoms with Gasteiger partial charge in [0.15, 0.2) is 5.78 Å². The van der Waals surface area contributed by atoms with Crippen LogP contribution in [0.3, 0.4) is 0 Å². The minimum atomic E-state index is -1.43. The van der Waals surface area contributed by atoms with Crippen molar-refractivity contribution < 1.29 is 33.4 Å². The zero-order valence-corrected chi connectivity index (χ0v) is 26.7. The number of ether oxygens (including phenoxy) is 2. The fraction of sp³-hybridized carbons (Fsp3) is 0.485. The lowest BCUT2D eigenvalue weighted by molar-refractivity contribution is -0.282. The van der Waals surface area contributed by atoms with Crippen molar-refractivity contribution in [2.45, 2.75) is 63.0 Å². The van der Waals surface area contributed by atoms with Gasteiger partial charge >= 0.3 is 5.97 Å². The van der Waals surface area contributed by atoms with E-state index in [1.807, 2.05) is 34.1 Å². The molecule has 3 heterocycles. The molecule has 3 fully saturated rings. The van der Waals surface area contributed by atoms with Gasteiger partial charge in [-0.3, -0.25) is 24.2 Å². The lowest BCUT2D eigenvalue weighted by atomic mass is 9.87. The fourth-order valence-electron chi connectivity index (χ4n) is 6.73. The Kier molecular flexibility index (Phi) is 9.56. The molecule has 2 aliphatic heterocycles. The molecule has 2 aromatic carbocycles. The summed E-state index contributed by atoms with van der Waals surface area (Å²) in [6.45, 7) is 2.26. The molecule has 0 radical (unpaired) electrons. The minimum absolute atomic E-state index is 0.0550. The monoisotopic (exact) mass is 657 g/mol. The van der Waals surface area contributed by atoms with E-state index in [0.717, 1.165) is 29.0 Å². The standard InChI is InChI=1S/C33H37ClFN3O6S/c1-43-23-17-38(18-23)33(37-12-4-5-13-37,44-22-10-8-20(9-11-22)32(41)42)30(39)15-21-14-26(34)28(16-27(21)35)36-31(40)25-19-45-29-7-3-2-6-24(25)29/h2-3,6-7,14,16,19-20,22-23H,4-5,8-13,15,17-18H2,1H3,(H,36,40)(H,41,42). The number of benzene rings is 2. The summed E-state index contributed by atoms with van der Waals surface area (Å²) in [5, 5.41) is 14.9. The van der Waals surface area contributed by atoms with Crippen molar-refractivity contribution in [3.8, 4) is 0 Å². The van der Waals surface area contributed by atoms with Gasteiger partial charge in [0.1, 0.15) is 5.82 Å². The van der Waals surface area contributed by atoms with Gasteiger partial charge in [0.2, 0.25) is 5.85 Å². The van der Waals surface area contributed by atoms with E-state index < -0.39 is 29.5 Å². The Morgan fingerprint density at radius 2 is 1.78 bits per heavy atom. The molecule has 3 aromatic rings. The van der Waals surface area contributed by atoms with Crippen molar-refractivity contribution in [2.75, 3.05) is 38.6 Å². The average molecular weight is 658 g/mol. The Bertz CT molecular complexity index is 1580. The molecular weight excluding hydrogens is 621 g/mol. The third-order valence-corrected chi connectivity index (χ3v) is 10.6. The molecule has 9 nitrogen and oxygen atoms in total. The summed E-state index contributed by atoms with van der Waals surface area (Å²) in [6, 6.07) is 10.1. The number of amides is 1. The van der Waals surface area contributed by atoms with Crippen molar-refractivity contribution in [3.63, 3.8) is 0 Å². The van der Waals surface area contributed by atoms with Crippen LogP contribution in [0.1, 0.15) is 54.4 Å². The van der Waals surface area contributed by atoms with Crippen LogP contribution < -0.4 is 5.32 Å². The van der Waals surface area contributed by atoms with Crippen LogP contribution >= 0.6 is 22.9 Å². The zero-order chi connectivity index (χ0) is 31.7. The largest absolute Gasteiger partial charge is 0.481 e. The SMILES string of the molecule is COC1CN(C(OC2CCC(C(=O)O)CC2)(C(=O)Cc2cc(Cl)c(NC(=O)c3csc4ccccc34)cc2F)N2CCCC2)C1. The smallest absolute Gasteiger partial charge is 0.306 e. The lowest BCUT2D eigenvalue weighted by Crippen LogP contribution is -2.74. The van der Waals surface area contributed by atoms with Crippen molar-refractivity contribution in [3.05, 3.63) is 63.7 Å². The summed E-state index contributed by atoms with van der Waals surface area (Å²) >= 11 is 8.02. The first-order valence-electron chi connectivity index (χ1n) is 15.4. The van der Waals surface area contributed by atoms with Crippen LogP contribution in [0.5, 0.6) is 0 Å². The molecule has 3 aliphatic rings. The van der Waals surface area contributed by atoms with E-state index in [-0.39, 0.29) is 40.7 Å². The molecule has 0 bridgehead atoms. The molecule has 2 N–H and O–H groups in total. The number of Topliss-reactive ketones (excluding diaryl/α,β-unsaturated/α-hetero) is 1. The summed E-state index contributed by atoms with van der Waals surface area (Å²) in [7, 11) is 1.63. The number of nitrogens with zero attached hydrogens (tertiary/aromatic N) is 2. The first-order chi connectivity index (χ1) is 21.7. The zero-order valence-electron chi connectivity index (χ0n) is 25.1. The van der Waals surface area contributed by atoms with Gasteiger partial charge in [-0.25, -0.2) is 4.39 Å². The van der Waals surface area contributed by atoms with E-state index in [4.69, 9.17) is 21.1 Å². The molecule has 1 amide bonds. The van der Waals surface area contributed by atoms with E-state index in [1.165, 1.54) is 17.4 Å². The third-order valence-electron chi connectivity index (χ3n) is 9.32. The third kappa shape index (κ3) is 6.39. The number of carbonyl (C=O) groups excluding carboxylic acids is 2. The second kappa shape index (κ2) is 13.4. The normalized spacial score (nSPS) is 22.6. The average Bonchev–Trinajstić information content (AvgIpc) is 3.70. The number of carboxylic acids is 1. The maximum absolute atomic E-state index is 15.7. The maximum atomic E-state index is 15.7. The van der Waals surface area contributed by atoms with Gasteiger partial charge in [-0.1, -0.05) is 29.8 Å². The topological polar surface area (TPSA) is 108 Å². The number of carbonyl (C=O) groups is 3. The number of halogens is 2. The number of aliphatic carboxylic acids is 1. The van der Waals surface area contributed by atoms with Crippen LogP contribution in [0, 0.1) is 11.7 Å². The molecule has 12 heteroatoms. The number of hydrogen-bond acceptors (Lipinski definition) is 8. The van der Waals surface area contributed by atoms with E-state index in [9.17, 15) is 19.5 Å². The molecule has 1 saturated carbocycles. The van der Waals surface area contributed by atoms with E-state index in [0.29, 0.717) is 57.4 Å². The van der Waals surface area contributed by atoms with Gasteiger partial charge in [-0.05, 0) is 62.3 Å². The highest BCUT2D eigenvalue weighted by atomic mass is 35.5. The number of hydrogen-bond donors (Lipinski definition) is 2. The number of methoxy groups -OCH3 is 1. The van der Waals surface area contributed by atoms with Crippen molar-refractivity contribution >= 4 is 56.4 Å². The minimum Gasteiger partial charge on any atom is -0.481 e. The van der Waals surface area contributed by atoms with Crippen LogP contribution in [0.25, 0.3) is 10.1 Å². The number of anilines is 1. The number of likely N-dealkylation sites (tertiary alicyclic amines) is 2. The lowest BCUT2D eigenvalue weighted by Gasteiger charge is -2.55. The Morgan fingerprint density at radius 1 is 1.07 bits per heavy atom. The predicted octanol–water partition coefficient (Wildman–Crippen LogP) is 5.80. The Labute approximate surface area is 270 Å². The second-order valence-electron chi connectivity index (χ2n) is 12.1. The summed E-state index contributed by atoms with van der Waals surface area (Å²) in [5.74, 6) is -4.03. The van der Waals surface area contributed by atoms with Gasteiger partial charge in [0.25, 0.3) is 5.91 Å². The number of fused-ring (bicyclic) bond motifs is 1. The number of nitrogens with one attached hydrogen (secondary N) is 1. The summed E-state index contributed by atoms with van der Waals surface area (Å²) in [5.41, 5.74) is 0.698. The highest BCUT2D eigenvalue weighted by Crippen LogP contribution is 2.39. The number of ketones is 1. The predicted molar refractivity (Wildman–Crippen MR) is 170 cm³/mol. The maximum Gasteiger partial charge on any atom is 0.306 e. The van der Waals surface area contributed by atoms with E-state index in [2.05, 4.69) is 5.32 Å². The molecule has 1 aliphatic carbocycles. The van der Waals surface area contributed by atoms with E-state index in [1.54, 1.807) is 12.5 Å². The van der Waals surface area contributed by atoms with Crippen molar-refractivity contribution in [2.24, 2.45) is 5.92 Å². The first kappa shape index (κ1) is 32.0. The molecule has 2 saturated heterocycles. The molecule has 6 rings (SSSR count). The summed E-state index contributed by atoms with van der Waals surface area (Å²) < 4.78 is 29.0. The molecule has 1 unspecified atom stereocenters. The Morgan fingerprint density at radius 3 is 2.47 bits per heavy atom. The van der Waals surface area contributed by atoms with Gasteiger partial charge in [-0.2, -0.15) is 0 Å². The van der Waals surface area contributed by atoms with Crippen LogP contribution in [0.2, 0.25) is 5.02 Å². The van der Waals surface area contributed by atoms with Gasteiger partial charge in [0.05, 0.1) is 34.4 Å². The van der Waals surface area contributed by atoms with Gasteiger partial charge < -0.3 is 19.9 Å². The Hall–Kier alpha value is -2.93. The van der Waals surface area contributed by atoms with Crippen LogP contribution in [-0.4, -0.2) is 83.9 Å². The quantitative estimate of drug-likeness (QED) is 0.267. The van der Waals surface area contributed by atoms with E-state index >= 15 is 4.39 Å². The van der Waals surface area contributed by atoms with Crippen LogP contribution in [0.15, 0.2) is 41.8 Å². The number of rotatable bonds is 11. The molecule has 0 spiro atoms. The highest BCUT2D eigenvalue weighted by Gasteiger charge is 2.56. The first-order valence-corrected chi connectivity index (χ1v) is 16.7. The van der Waals surface area contributed by atoms with Crippen molar-refractivity contribution in [1.82, 2.24) is 9.80 Å².